The number of aromatic nitrogens is 4. The molecule has 1 aliphatic rings. The van der Waals surface area contributed by atoms with Gasteiger partial charge in [-0.3, -0.25) is 4.57 Å². The Morgan fingerprint density at radius 2 is 0.969 bits per heavy atom. The van der Waals surface area contributed by atoms with Gasteiger partial charge in [-0.2, -0.15) is 18.2 Å². The van der Waals surface area contributed by atoms with Crippen LogP contribution in [0.4, 0.5) is 0 Å². The third kappa shape index (κ3) is 11.0. The maximum absolute atomic E-state index is 11.2. The Hall–Kier alpha value is -10.2. The molecule has 0 unspecified atom stereocenters. The fourth-order valence-electron chi connectivity index (χ4n) is 13.4. The molecule has 4 heterocycles. The minimum Gasteiger partial charge on any atom is -0.510 e. The van der Waals surface area contributed by atoms with Crippen LogP contribution in [0, 0.1) is 18.5 Å². The van der Waals surface area contributed by atoms with Crippen molar-refractivity contribution in [1.82, 2.24) is 14.1 Å². The van der Waals surface area contributed by atoms with Crippen LogP contribution in [0.1, 0.15) is 105 Å². The maximum Gasteiger partial charge on any atom is 0.268 e. The Morgan fingerprint density at radius 1 is 0.433 bits per heavy atom. The molecule has 0 spiro atoms. The Morgan fingerprint density at radius 3 is 1.60 bits per heavy atom. The smallest absolute Gasteiger partial charge is 0.268 e. The van der Waals surface area contributed by atoms with Crippen molar-refractivity contribution in [3.05, 3.63) is 320 Å². The number of hydrogen-bond acceptors (Lipinski definition) is 2. The summed E-state index contributed by atoms with van der Waals surface area (Å²) in [6.45, 7) is 19.5. The second-order valence-corrected chi connectivity index (χ2v) is 30.8. The van der Waals surface area contributed by atoms with Crippen LogP contribution in [0.2, 0.25) is 0 Å². The molecular formula is C90H74N4OPtSi-2. The van der Waals surface area contributed by atoms with E-state index < -0.39 is 149 Å². The molecule has 7 heteroatoms. The molecular weight excluding hydrogens is 1380 g/mol. The molecule has 5 nitrogen and oxygen atoms in total. The summed E-state index contributed by atoms with van der Waals surface area (Å²) in [5.74, 6) is 1.35. The molecule has 16 rings (SSSR count). The topological polar surface area (TPSA) is 35.9 Å². The molecule has 1 aliphatic heterocycles. The van der Waals surface area contributed by atoms with E-state index in [4.69, 9.17) is 13.8 Å². The summed E-state index contributed by atoms with van der Waals surface area (Å²) in [7, 11) is -6.31. The average Bonchev–Trinajstić information content (AvgIpc) is 0.717. The number of para-hydroxylation sites is 2. The molecule has 0 atom stereocenters. The molecule has 0 aliphatic carbocycles. The Kier molecular flexibility index (Phi) is 11.2. The van der Waals surface area contributed by atoms with Gasteiger partial charge in [0, 0.05) is 44.3 Å². The molecule has 0 bridgehead atoms. The number of nitrogens with zero attached hydrogens (tertiary/aromatic N) is 4. The van der Waals surface area contributed by atoms with E-state index in [1.54, 1.807) is 22.8 Å². The van der Waals surface area contributed by atoms with E-state index in [1.807, 2.05) is 108 Å². The van der Waals surface area contributed by atoms with Gasteiger partial charge < -0.3 is 13.9 Å². The quantitative estimate of drug-likeness (QED) is 0.0592. The van der Waals surface area contributed by atoms with E-state index in [9.17, 15) is 21.9 Å². The summed E-state index contributed by atoms with van der Waals surface area (Å²) in [5, 5.41) is -1.84. The van der Waals surface area contributed by atoms with Crippen molar-refractivity contribution in [1.29, 1.82) is 0 Å². The monoisotopic (exact) mass is 1470 g/mol. The molecule has 0 amide bonds. The molecule has 476 valence electrons. The van der Waals surface area contributed by atoms with E-state index in [1.165, 1.54) is 0 Å². The maximum atomic E-state index is 11.2. The molecule has 97 heavy (non-hydrogen) atoms. The minimum absolute atomic E-state index is 0. The van der Waals surface area contributed by atoms with Crippen molar-refractivity contribution in [2.45, 2.75) is 78.6 Å². The van der Waals surface area contributed by atoms with Gasteiger partial charge in [-0.25, -0.2) is 4.98 Å². The SMILES string of the molecule is [2H]c1c([2H])c([2H])c([Si](c2c([2H])c([2H])c([2H])c([2H])c2[2H])(c2c([2H])c([2H])c([2H])c([2H])c2[2H])c2c([2H])c([2H])c([2H])c(-c3cccc4c3-[n+]3[c-]n(-c5[c-]c(Oc6[c-]c7c(cc6)c6ccccc6n7-c6cc(C(C)(C)C)ccn6)ccc5)c5cc(-c6cc(C(C)(C)C)cc(C(C)(C)C)c6)cc(c53)-c3ccccc3-c3ccccc3-4)c2[2H])c([2H])c1[2H].[Pt]. The molecule has 15 aromatic rings. The standard InChI is InChI=1S/C90H74N4OSi.Pt/c1-88(2,3)63-48-49-91-85(56-63)94-82-45-24-23-42-78(82)79-47-46-68(58-83(79)94)95-67-30-26-29-66(57-67)92-59-93-86-73(60-28-25-37-72(52-60)96(69-31-13-10-14-32-69,70-33-15-11-16-34-70)71-35-17-12-18-36-71)43-27-44-80(86)76-40-21-19-38-74(76)75-39-20-22-41-77(75)81-53-62(54-84(92)87(81)93)61-50-64(89(4,5)6)55-65(51-61)90(7,8)9;/h10-56H,1-9H3;/q-2;/i10D,11D,12D,13D,14D,15D,16D,17D,18D,25D,28D,31D,32D,33D,34D,35D,36D,37D,52D;. The first-order valence-corrected chi connectivity index (χ1v) is 33.9. The molecule has 12 aromatic carbocycles. The van der Waals surface area contributed by atoms with Crippen molar-refractivity contribution >= 4 is 61.7 Å². The molecule has 0 radical (unpaired) electrons. The first-order chi connectivity index (χ1) is 54.4. The third-order valence-electron chi connectivity index (χ3n) is 18.2. The van der Waals surface area contributed by atoms with Crippen LogP contribution in [0.3, 0.4) is 0 Å². The predicted octanol–water partition coefficient (Wildman–Crippen LogP) is 19.5. The molecule has 0 N–H and O–H groups in total. The van der Waals surface area contributed by atoms with Crippen LogP contribution in [0.5, 0.6) is 11.5 Å². The zero-order valence-electron chi connectivity index (χ0n) is 73.7. The number of pyridine rings is 1. The number of rotatable bonds is 10. The van der Waals surface area contributed by atoms with Gasteiger partial charge in [0.05, 0.1) is 42.8 Å². The van der Waals surface area contributed by atoms with Gasteiger partial charge in [-0.05, 0) is 145 Å². The summed E-state index contributed by atoms with van der Waals surface area (Å²) in [4.78, 5) is 4.90. The van der Waals surface area contributed by atoms with E-state index in [0.29, 0.717) is 45.0 Å². The Balaban J connectivity index is 0.0000106. The van der Waals surface area contributed by atoms with Crippen molar-refractivity contribution in [2.24, 2.45) is 0 Å². The fourth-order valence-corrected chi connectivity index (χ4v) is 16.9. The van der Waals surface area contributed by atoms with Gasteiger partial charge in [0.25, 0.3) is 6.33 Å². The minimum atomic E-state index is -6.31. The second kappa shape index (κ2) is 24.4. The van der Waals surface area contributed by atoms with Crippen LogP contribution in [0.15, 0.2) is 285 Å². The van der Waals surface area contributed by atoms with E-state index >= 15 is 0 Å². The summed E-state index contributed by atoms with van der Waals surface area (Å²) >= 11 is 0. The normalized spacial score (nSPS) is 15.0. The van der Waals surface area contributed by atoms with Gasteiger partial charge in [0.15, 0.2) is 8.07 Å². The van der Waals surface area contributed by atoms with Crippen molar-refractivity contribution in [2.75, 3.05) is 0 Å². The van der Waals surface area contributed by atoms with E-state index in [0.717, 1.165) is 66.3 Å². The van der Waals surface area contributed by atoms with E-state index in [2.05, 4.69) is 134 Å². The van der Waals surface area contributed by atoms with Crippen molar-refractivity contribution < 1.29 is 56.4 Å². The average molecular weight is 1470 g/mol. The van der Waals surface area contributed by atoms with Crippen LogP contribution in [0.25, 0.3) is 106 Å². The van der Waals surface area contributed by atoms with Crippen molar-refractivity contribution in [3.8, 4) is 84.3 Å². The van der Waals surface area contributed by atoms with E-state index in [-0.39, 0.29) is 54.3 Å². The first-order valence-electron chi connectivity index (χ1n) is 41.4. The summed E-state index contributed by atoms with van der Waals surface area (Å²) in [6.07, 6.45) is 5.60. The number of fused-ring (bicyclic) bond motifs is 10. The summed E-state index contributed by atoms with van der Waals surface area (Å²) in [5.41, 5.74) is 11.0. The Bertz CT molecular complexity index is 6450. The molecule has 0 saturated carbocycles. The van der Waals surface area contributed by atoms with Gasteiger partial charge in [-0.1, -0.05) is 292 Å². The molecule has 3 aromatic heterocycles. The third-order valence-corrected chi connectivity index (χ3v) is 22.2. The van der Waals surface area contributed by atoms with Crippen molar-refractivity contribution in [3.63, 3.8) is 0 Å². The second-order valence-electron chi connectivity index (χ2n) is 27.3. The largest absolute Gasteiger partial charge is 0.510 e. The molecule has 0 fully saturated rings. The summed E-state index contributed by atoms with van der Waals surface area (Å²) < 4.78 is 197. The fraction of sp³-hybridized carbons (Fsp3) is 0.133. The van der Waals surface area contributed by atoms with Gasteiger partial charge in [0.1, 0.15) is 5.82 Å². The number of benzene rings is 12. The Labute approximate surface area is 612 Å². The van der Waals surface area contributed by atoms with Crippen LogP contribution < -0.4 is 30.1 Å². The van der Waals surface area contributed by atoms with Crippen LogP contribution in [-0.2, 0) is 37.3 Å². The van der Waals surface area contributed by atoms with Gasteiger partial charge in [-0.15, -0.1) is 29.7 Å². The zero-order chi connectivity index (χ0) is 82.2. The number of hydrogen-bond donors (Lipinski definition) is 0. The van der Waals surface area contributed by atoms with Gasteiger partial charge in [0.2, 0.25) is 0 Å². The predicted molar refractivity (Wildman–Crippen MR) is 400 cm³/mol. The molecule has 0 saturated heterocycles. The zero-order valence-corrected chi connectivity index (χ0v) is 58.0. The van der Waals surface area contributed by atoms with Crippen LogP contribution >= 0.6 is 0 Å². The summed E-state index contributed by atoms with van der Waals surface area (Å²) in [6, 6.07) is 40.6. The van der Waals surface area contributed by atoms with Gasteiger partial charge >= 0.3 is 0 Å². The number of ether oxygens (including phenoxy) is 1. The first kappa shape index (κ1) is 44.5. The number of imidazole rings is 1. The van der Waals surface area contributed by atoms with Crippen LogP contribution in [-0.4, -0.2) is 22.2 Å².